The Hall–Kier alpha value is -1.97. The molecule has 0 aliphatic heterocycles. The minimum Gasteiger partial charge on any atom is -0.391 e. The Kier molecular flexibility index (Phi) is 6.92. The van der Waals surface area contributed by atoms with Crippen molar-refractivity contribution >= 4 is 45.5 Å². The summed E-state index contributed by atoms with van der Waals surface area (Å²) in [5, 5.41) is 8.33. The van der Waals surface area contributed by atoms with Crippen LogP contribution in [0.5, 0.6) is 0 Å². The average Bonchev–Trinajstić information content (AvgIpc) is 2.98. The Morgan fingerprint density at radius 3 is 2.45 bits per heavy atom. The van der Waals surface area contributed by atoms with E-state index in [9.17, 15) is 13.2 Å². The molecule has 0 spiro atoms. The highest BCUT2D eigenvalue weighted by Crippen LogP contribution is 2.39. The number of benzene rings is 2. The zero-order chi connectivity index (χ0) is 21.0. The predicted molar refractivity (Wildman–Crippen MR) is 110 cm³/mol. The Bertz CT molecular complexity index is 1010. The normalized spacial score (nSPS) is 11.9. The van der Waals surface area contributed by atoms with Crippen molar-refractivity contribution in [1.82, 2.24) is 9.78 Å². The summed E-state index contributed by atoms with van der Waals surface area (Å²) < 4.78 is 42.4. The summed E-state index contributed by atoms with van der Waals surface area (Å²) in [5.74, 6) is 0. The number of hydrogen-bond donors (Lipinski definition) is 0. The number of aromatic nitrogens is 2. The number of alkyl halides is 3. The molecule has 0 radical (unpaired) electrons. The third-order valence-electron chi connectivity index (χ3n) is 3.74. The number of nitrogens with zero attached hydrogens (tertiary/aromatic N) is 3. The van der Waals surface area contributed by atoms with Gasteiger partial charge in [0.1, 0.15) is 11.6 Å². The van der Waals surface area contributed by atoms with Crippen LogP contribution in [0.4, 0.5) is 13.2 Å². The lowest BCUT2D eigenvalue weighted by atomic mass is 10.2. The Morgan fingerprint density at radius 2 is 1.83 bits per heavy atom. The highest BCUT2D eigenvalue weighted by atomic mass is 79.9. The molecule has 0 aliphatic carbocycles. The van der Waals surface area contributed by atoms with Crippen LogP contribution < -0.4 is 0 Å². The van der Waals surface area contributed by atoms with Crippen LogP contribution in [0.2, 0.25) is 5.02 Å². The van der Waals surface area contributed by atoms with E-state index in [0.29, 0.717) is 15.6 Å². The quantitative estimate of drug-likeness (QED) is 0.282. The highest BCUT2D eigenvalue weighted by molar-refractivity contribution is 9.10. The van der Waals surface area contributed by atoms with Crippen molar-refractivity contribution in [2.24, 2.45) is 12.2 Å². The molecule has 1 aromatic heterocycles. The molecule has 0 saturated heterocycles. The molecule has 0 saturated carbocycles. The number of oxime groups is 1. The maximum atomic E-state index is 13.4. The van der Waals surface area contributed by atoms with Crippen molar-refractivity contribution in [2.45, 2.75) is 22.7 Å². The summed E-state index contributed by atoms with van der Waals surface area (Å²) in [6.45, 7) is -0.369. The van der Waals surface area contributed by atoms with Crippen LogP contribution in [0, 0.1) is 0 Å². The third-order valence-corrected chi connectivity index (χ3v) is 5.73. The van der Waals surface area contributed by atoms with Crippen molar-refractivity contribution in [1.29, 1.82) is 0 Å². The lowest BCUT2D eigenvalue weighted by molar-refractivity contribution is -0.142. The highest BCUT2D eigenvalue weighted by Gasteiger charge is 2.39. The molecule has 0 N–H and O–H groups in total. The van der Waals surface area contributed by atoms with Crippen molar-refractivity contribution in [3.8, 4) is 0 Å². The smallest absolute Gasteiger partial charge is 0.391 e. The van der Waals surface area contributed by atoms with Crippen LogP contribution in [-0.2, 0) is 24.7 Å². The molecule has 0 atom stereocenters. The second-order valence-corrected chi connectivity index (χ2v) is 8.28. The first kappa shape index (κ1) is 21.7. The van der Waals surface area contributed by atoms with E-state index in [0.717, 1.165) is 9.37 Å². The number of aryl methyl sites for hydroxylation is 1. The molecule has 10 heteroatoms. The van der Waals surface area contributed by atoms with Gasteiger partial charge in [0.05, 0.1) is 11.8 Å². The topological polar surface area (TPSA) is 39.4 Å². The van der Waals surface area contributed by atoms with Gasteiger partial charge in [-0.05, 0) is 42.0 Å². The predicted octanol–water partition coefficient (Wildman–Crippen LogP) is 6.56. The van der Waals surface area contributed by atoms with Gasteiger partial charge in [-0.25, -0.2) is 0 Å². The van der Waals surface area contributed by atoms with Crippen LogP contribution >= 0.6 is 39.3 Å². The third kappa shape index (κ3) is 5.77. The Labute approximate surface area is 182 Å². The molecule has 29 heavy (non-hydrogen) atoms. The standard InChI is InChI=1S/C19H14BrClF3N3OS/c1-27-18(29-15-8-4-13(20)5-9-15)16(17(26-27)19(22,23)24)11-28-25-10-12-2-6-14(21)7-3-12/h2-10H,11H2,1H3/b25-10-. The Balaban J connectivity index is 1.82. The van der Waals surface area contributed by atoms with Gasteiger partial charge in [-0.3, -0.25) is 4.68 Å². The largest absolute Gasteiger partial charge is 0.435 e. The molecule has 0 aliphatic rings. The molecular weight excluding hydrogens is 491 g/mol. The van der Waals surface area contributed by atoms with Crippen LogP contribution in [0.15, 0.2) is 68.1 Å². The van der Waals surface area contributed by atoms with Gasteiger partial charge in [0.2, 0.25) is 0 Å². The van der Waals surface area contributed by atoms with E-state index in [-0.39, 0.29) is 12.2 Å². The number of hydrogen-bond acceptors (Lipinski definition) is 4. The fraction of sp³-hybridized carbons (Fsp3) is 0.158. The first-order valence-corrected chi connectivity index (χ1v) is 10.2. The summed E-state index contributed by atoms with van der Waals surface area (Å²) in [6.07, 6.45) is -3.20. The van der Waals surface area contributed by atoms with Crippen LogP contribution in [0.3, 0.4) is 0 Å². The maximum absolute atomic E-state index is 13.4. The first-order valence-electron chi connectivity index (χ1n) is 8.21. The molecule has 152 valence electrons. The van der Waals surface area contributed by atoms with Crippen molar-refractivity contribution in [3.05, 3.63) is 74.8 Å². The van der Waals surface area contributed by atoms with E-state index in [1.54, 1.807) is 36.4 Å². The SMILES string of the molecule is Cn1nc(C(F)(F)F)c(CO/N=C\c2ccc(Cl)cc2)c1Sc1ccc(Br)cc1. The van der Waals surface area contributed by atoms with E-state index in [4.69, 9.17) is 16.4 Å². The summed E-state index contributed by atoms with van der Waals surface area (Å²) >= 11 is 10.3. The zero-order valence-corrected chi connectivity index (χ0v) is 18.1. The molecular formula is C19H14BrClF3N3OS. The van der Waals surface area contributed by atoms with Gasteiger partial charge in [-0.2, -0.15) is 18.3 Å². The van der Waals surface area contributed by atoms with Crippen molar-refractivity contribution in [3.63, 3.8) is 0 Å². The monoisotopic (exact) mass is 503 g/mol. The van der Waals surface area contributed by atoms with Crippen molar-refractivity contribution in [2.75, 3.05) is 0 Å². The molecule has 0 fully saturated rings. The lowest BCUT2D eigenvalue weighted by Crippen LogP contribution is -2.10. The molecule has 0 unspecified atom stereocenters. The van der Waals surface area contributed by atoms with Gasteiger partial charge in [0.15, 0.2) is 5.69 Å². The fourth-order valence-corrected chi connectivity index (χ4v) is 3.74. The minimum absolute atomic E-state index is 0.0684. The minimum atomic E-state index is -4.60. The summed E-state index contributed by atoms with van der Waals surface area (Å²) in [4.78, 5) is 5.94. The average molecular weight is 505 g/mol. The number of rotatable bonds is 6. The van der Waals surface area contributed by atoms with Crippen molar-refractivity contribution < 1.29 is 18.0 Å². The van der Waals surface area contributed by atoms with Crippen LogP contribution in [-0.4, -0.2) is 16.0 Å². The maximum Gasteiger partial charge on any atom is 0.435 e. The Morgan fingerprint density at radius 1 is 1.17 bits per heavy atom. The summed E-state index contributed by atoms with van der Waals surface area (Å²) in [7, 11) is 1.47. The van der Waals surface area contributed by atoms with E-state index < -0.39 is 11.9 Å². The van der Waals surface area contributed by atoms with Gasteiger partial charge in [0.25, 0.3) is 0 Å². The fourth-order valence-electron chi connectivity index (χ4n) is 2.40. The van der Waals surface area contributed by atoms with E-state index in [2.05, 4.69) is 26.2 Å². The van der Waals surface area contributed by atoms with Gasteiger partial charge in [-0.1, -0.05) is 56.6 Å². The number of halogens is 5. The van der Waals surface area contributed by atoms with Crippen LogP contribution in [0.25, 0.3) is 0 Å². The van der Waals surface area contributed by atoms with Gasteiger partial charge in [0, 0.05) is 21.4 Å². The van der Waals surface area contributed by atoms with Gasteiger partial charge >= 0.3 is 6.18 Å². The van der Waals surface area contributed by atoms with E-state index >= 15 is 0 Å². The second-order valence-electron chi connectivity index (χ2n) is 5.87. The van der Waals surface area contributed by atoms with E-state index in [1.165, 1.54) is 29.7 Å². The zero-order valence-electron chi connectivity index (χ0n) is 15.0. The van der Waals surface area contributed by atoms with Gasteiger partial charge in [-0.15, -0.1) is 0 Å². The van der Waals surface area contributed by atoms with Crippen LogP contribution in [0.1, 0.15) is 16.8 Å². The lowest BCUT2D eigenvalue weighted by Gasteiger charge is -2.08. The molecule has 0 bridgehead atoms. The molecule has 3 aromatic rings. The van der Waals surface area contributed by atoms with E-state index in [1.807, 2.05) is 12.1 Å². The summed E-state index contributed by atoms with van der Waals surface area (Å²) in [6, 6.07) is 14.0. The molecule has 3 rings (SSSR count). The molecule has 1 heterocycles. The first-order chi connectivity index (χ1) is 13.7. The second kappa shape index (κ2) is 9.23. The summed E-state index contributed by atoms with van der Waals surface area (Å²) in [5.41, 5.74) is -0.344. The molecule has 4 nitrogen and oxygen atoms in total. The molecule has 0 amide bonds. The van der Waals surface area contributed by atoms with Gasteiger partial charge < -0.3 is 4.84 Å². The molecule has 2 aromatic carbocycles.